The number of nitrogens with one attached hydrogen (secondary N) is 1. The summed E-state index contributed by atoms with van der Waals surface area (Å²) in [6, 6.07) is 20.2. The quantitative estimate of drug-likeness (QED) is 0.268. The summed E-state index contributed by atoms with van der Waals surface area (Å²) >= 11 is 6.08. The fourth-order valence-corrected chi connectivity index (χ4v) is 4.74. The molecular weight excluding hydrogens is 544 g/mol. The number of imide groups is 1. The third-order valence-electron chi connectivity index (χ3n) is 6.60. The lowest BCUT2D eigenvalue weighted by Crippen LogP contribution is -2.43. The Balaban J connectivity index is 1.39. The number of hydrogen-bond donors (Lipinski definition) is 1. The van der Waals surface area contributed by atoms with Crippen LogP contribution in [0.15, 0.2) is 72.8 Å². The highest BCUT2D eigenvalue weighted by atomic mass is 35.5. The molecule has 2 heterocycles. The van der Waals surface area contributed by atoms with Crippen LogP contribution in [-0.4, -0.2) is 45.6 Å². The predicted octanol–water partition coefficient (Wildman–Crippen LogP) is 5.42. The summed E-state index contributed by atoms with van der Waals surface area (Å²) in [6.45, 7) is 5.55. The van der Waals surface area contributed by atoms with Crippen molar-refractivity contribution in [3.8, 4) is 11.6 Å². The molecular formula is C31H27ClN4O5. The van der Waals surface area contributed by atoms with Gasteiger partial charge in [-0.2, -0.15) is 5.10 Å². The van der Waals surface area contributed by atoms with Crippen LogP contribution in [0.5, 0.6) is 11.6 Å². The van der Waals surface area contributed by atoms with Gasteiger partial charge in [0, 0.05) is 5.02 Å². The molecule has 3 amide bonds. The maximum absolute atomic E-state index is 13.6. The molecule has 0 saturated heterocycles. The Bertz CT molecular complexity index is 1620. The second kappa shape index (κ2) is 11.9. The molecule has 0 saturated carbocycles. The van der Waals surface area contributed by atoms with Gasteiger partial charge in [0.1, 0.15) is 11.3 Å². The van der Waals surface area contributed by atoms with Crippen LogP contribution in [0.3, 0.4) is 0 Å². The molecule has 1 N–H and O–H groups in total. The first-order chi connectivity index (χ1) is 19.7. The van der Waals surface area contributed by atoms with E-state index in [-0.39, 0.29) is 29.2 Å². The molecule has 1 aliphatic rings. The van der Waals surface area contributed by atoms with Gasteiger partial charge < -0.3 is 10.1 Å². The van der Waals surface area contributed by atoms with Crippen molar-refractivity contribution in [1.29, 1.82) is 0 Å². The number of fused-ring (bicyclic) bond motifs is 1. The molecule has 3 aromatic carbocycles. The number of benzene rings is 3. The smallest absolute Gasteiger partial charge is 0.285 e. The van der Waals surface area contributed by atoms with E-state index in [9.17, 15) is 14.4 Å². The van der Waals surface area contributed by atoms with Gasteiger partial charge in [-0.05, 0) is 74.7 Å². The van der Waals surface area contributed by atoms with E-state index in [1.54, 1.807) is 61.5 Å². The van der Waals surface area contributed by atoms with E-state index in [4.69, 9.17) is 21.2 Å². The number of amides is 3. The second-order valence-corrected chi connectivity index (χ2v) is 10.3. The standard InChI is InChI=1S/C31H27ClN4O5/c1-18-11-12-21(19(2)13-18)15-23(17-40-36-30(38)25-9-4-5-10-26(25)31(36)39)33-28(37)27-14-20(3)34-35-29(27)41-24-8-6-7-22(32)16-24/h4-14,16,23H,15,17H2,1-3H3,(H,33,37)/t23-/m1/s1. The number of ether oxygens (including phenoxy) is 1. The molecule has 1 aliphatic heterocycles. The van der Waals surface area contributed by atoms with Crippen LogP contribution in [-0.2, 0) is 11.3 Å². The van der Waals surface area contributed by atoms with E-state index < -0.39 is 23.8 Å². The molecule has 5 rings (SSSR count). The highest BCUT2D eigenvalue weighted by Crippen LogP contribution is 2.26. The molecule has 0 aliphatic carbocycles. The maximum Gasteiger partial charge on any atom is 0.285 e. The zero-order chi connectivity index (χ0) is 29.1. The summed E-state index contributed by atoms with van der Waals surface area (Å²) in [5, 5.41) is 12.3. The minimum Gasteiger partial charge on any atom is -0.437 e. The summed E-state index contributed by atoms with van der Waals surface area (Å²) in [7, 11) is 0. The molecule has 0 bridgehead atoms. The molecule has 1 aromatic heterocycles. The van der Waals surface area contributed by atoms with E-state index in [2.05, 4.69) is 15.5 Å². The topological polar surface area (TPSA) is 111 Å². The summed E-state index contributed by atoms with van der Waals surface area (Å²) in [5.74, 6) is -1.19. The fraction of sp³-hybridized carbons (Fsp3) is 0.194. The van der Waals surface area contributed by atoms with Crippen molar-refractivity contribution in [3.05, 3.63) is 117 Å². The van der Waals surface area contributed by atoms with Crippen molar-refractivity contribution in [2.24, 2.45) is 0 Å². The number of hydroxylamine groups is 2. The third-order valence-corrected chi connectivity index (χ3v) is 6.83. The molecule has 10 heteroatoms. The molecule has 0 unspecified atom stereocenters. The van der Waals surface area contributed by atoms with Crippen LogP contribution >= 0.6 is 11.6 Å². The molecule has 0 fully saturated rings. The van der Waals surface area contributed by atoms with Crippen molar-refractivity contribution in [2.75, 3.05) is 6.61 Å². The van der Waals surface area contributed by atoms with Gasteiger partial charge in [-0.25, -0.2) is 0 Å². The van der Waals surface area contributed by atoms with Gasteiger partial charge in [0.15, 0.2) is 0 Å². The Morgan fingerprint density at radius 1 is 0.927 bits per heavy atom. The first-order valence-electron chi connectivity index (χ1n) is 12.9. The molecule has 4 aromatic rings. The number of rotatable bonds is 9. The van der Waals surface area contributed by atoms with Gasteiger partial charge in [-0.3, -0.25) is 19.2 Å². The van der Waals surface area contributed by atoms with E-state index in [0.29, 0.717) is 22.9 Å². The SMILES string of the molecule is Cc1ccc(C[C@H](CON2C(=O)c3ccccc3C2=O)NC(=O)c2cc(C)nnc2Oc2cccc(Cl)c2)c(C)c1. The highest BCUT2D eigenvalue weighted by molar-refractivity contribution is 6.30. The van der Waals surface area contributed by atoms with Gasteiger partial charge in [0.25, 0.3) is 23.6 Å². The first-order valence-corrected chi connectivity index (χ1v) is 13.3. The maximum atomic E-state index is 13.6. The van der Waals surface area contributed by atoms with Gasteiger partial charge in [-0.15, -0.1) is 10.2 Å². The van der Waals surface area contributed by atoms with Crippen LogP contribution in [0.1, 0.15) is 53.5 Å². The largest absolute Gasteiger partial charge is 0.437 e. The summed E-state index contributed by atoms with van der Waals surface area (Å²) in [4.78, 5) is 45.1. The van der Waals surface area contributed by atoms with Crippen LogP contribution < -0.4 is 10.1 Å². The monoisotopic (exact) mass is 570 g/mol. The molecule has 0 radical (unpaired) electrons. The summed E-state index contributed by atoms with van der Waals surface area (Å²) in [5.41, 5.74) is 4.34. The van der Waals surface area contributed by atoms with Crippen molar-refractivity contribution in [1.82, 2.24) is 20.6 Å². The fourth-order valence-electron chi connectivity index (χ4n) is 4.56. The molecule has 208 valence electrons. The first kappa shape index (κ1) is 27.9. The molecule has 0 spiro atoms. The average Bonchev–Trinajstić information content (AvgIpc) is 3.19. The second-order valence-electron chi connectivity index (χ2n) is 9.81. The lowest BCUT2D eigenvalue weighted by molar-refractivity contribution is -0.0968. The molecule has 1 atom stereocenters. The Labute approximate surface area is 242 Å². The van der Waals surface area contributed by atoms with Gasteiger partial charge in [0.05, 0.1) is 29.5 Å². The van der Waals surface area contributed by atoms with Gasteiger partial charge in [-0.1, -0.05) is 53.6 Å². The van der Waals surface area contributed by atoms with Gasteiger partial charge >= 0.3 is 0 Å². The van der Waals surface area contributed by atoms with Crippen LogP contribution in [0.2, 0.25) is 5.02 Å². The lowest BCUT2D eigenvalue weighted by atomic mass is 9.99. The minimum atomic E-state index is -0.624. The van der Waals surface area contributed by atoms with Crippen LogP contribution in [0.4, 0.5) is 0 Å². The van der Waals surface area contributed by atoms with Crippen LogP contribution in [0.25, 0.3) is 0 Å². The van der Waals surface area contributed by atoms with E-state index in [0.717, 1.165) is 21.8 Å². The Morgan fingerprint density at radius 2 is 1.66 bits per heavy atom. The van der Waals surface area contributed by atoms with E-state index >= 15 is 0 Å². The number of carbonyl (C=O) groups excluding carboxylic acids is 3. The highest BCUT2D eigenvalue weighted by Gasteiger charge is 2.37. The summed E-state index contributed by atoms with van der Waals surface area (Å²) < 4.78 is 5.86. The number of aromatic nitrogens is 2. The number of carbonyl (C=O) groups is 3. The Hall–Kier alpha value is -4.60. The number of hydrogen-bond acceptors (Lipinski definition) is 7. The van der Waals surface area contributed by atoms with E-state index in [1.165, 1.54) is 0 Å². The number of aryl methyl sites for hydroxylation is 3. The summed E-state index contributed by atoms with van der Waals surface area (Å²) in [6.07, 6.45) is 0.378. The van der Waals surface area contributed by atoms with Crippen molar-refractivity contribution < 1.29 is 24.0 Å². The Morgan fingerprint density at radius 3 is 2.34 bits per heavy atom. The average molecular weight is 571 g/mol. The van der Waals surface area contributed by atoms with E-state index in [1.807, 2.05) is 32.0 Å². The molecule has 41 heavy (non-hydrogen) atoms. The minimum absolute atomic E-state index is 0.00176. The van der Waals surface area contributed by atoms with Crippen LogP contribution in [0, 0.1) is 20.8 Å². The number of nitrogens with zero attached hydrogens (tertiary/aromatic N) is 3. The number of halogens is 1. The zero-order valence-corrected chi connectivity index (χ0v) is 23.4. The molecule has 9 nitrogen and oxygen atoms in total. The normalized spacial score (nSPS) is 13.2. The van der Waals surface area contributed by atoms with Gasteiger partial charge in [0.2, 0.25) is 0 Å². The van der Waals surface area contributed by atoms with Crippen molar-refractivity contribution in [3.63, 3.8) is 0 Å². The van der Waals surface area contributed by atoms with Crippen molar-refractivity contribution >= 4 is 29.3 Å². The third kappa shape index (κ3) is 6.26. The lowest BCUT2D eigenvalue weighted by Gasteiger charge is -2.23. The zero-order valence-electron chi connectivity index (χ0n) is 22.7. The predicted molar refractivity (Wildman–Crippen MR) is 152 cm³/mol. The van der Waals surface area contributed by atoms with Crippen molar-refractivity contribution in [2.45, 2.75) is 33.2 Å². The Kier molecular flexibility index (Phi) is 8.09.